The predicted molar refractivity (Wildman–Crippen MR) is 145 cm³/mol. The Balaban J connectivity index is 1.61. The van der Waals surface area contributed by atoms with Crippen molar-refractivity contribution in [3.8, 4) is 0 Å². The number of nitrogens with zero attached hydrogens (tertiary/aromatic N) is 1. The molecule has 35 heavy (non-hydrogen) atoms. The fourth-order valence-electron chi connectivity index (χ4n) is 4.33. The van der Waals surface area contributed by atoms with Gasteiger partial charge in [-0.25, -0.2) is 4.79 Å². The van der Waals surface area contributed by atoms with Gasteiger partial charge in [-0.2, -0.15) is 0 Å². The predicted octanol–water partition coefficient (Wildman–Crippen LogP) is 6.13. The van der Waals surface area contributed by atoms with E-state index in [1.54, 1.807) is 18.2 Å². The number of likely N-dealkylation sites (tertiary alicyclic amines) is 1. The number of hydrogen-bond acceptors (Lipinski definition) is 7. The normalized spacial score (nSPS) is 19.7. The fraction of sp³-hybridized carbons (Fsp3) is 0.464. The molecule has 0 bridgehead atoms. The monoisotopic (exact) mass is 515 g/mol. The van der Waals surface area contributed by atoms with Crippen LogP contribution in [0, 0.1) is 5.92 Å². The largest absolute Gasteiger partial charge is 0.494 e. The van der Waals surface area contributed by atoms with Crippen molar-refractivity contribution in [2.75, 3.05) is 26.2 Å². The summed E-state index contributed by atoms with van der Waals surface area (Å²) in [5, 5.41) is 15.3. The Morgan fingerprint density at radius 3 is 2.54 bits per heavy atom. The van der Waals surface area contributed by atoms with E-state index in [4.69, 9.17) is 9.47 Å². The lowest BCUT2D eigenvalue weighted by molar-refractivity contribution is -0.173. The van der Waals surface area contributed by atoms with Crippen LogP contribution in [-0.4, -0.2) is 48.3 Å². The maximum absolute atomic E-state index is 13.5. The van der Waals surface area contributed by atoms with Gasteiger partial charge in [0.2, 0.25) is 5.60 Å². The number of carbonyl (C=O) groups is 1. The van der Waals surface area contributed by atoms with Crippen LogP contribution >= 0.6 is 22.7 Å². The number of esters is 1. The molecule has 1 N–H and O–H groups in total. The van der Waals surface area contributed by atoms with Crippen molar-refractivity contribution in [3.63, 3.8) is 0 Å². The summed E-state index contributed by atoms with van der Waals surface area (Å²) in [5.41, 5.74) is -1.77. The van der Waals surface area contributed by atoms with Gasteiger partial charge in [0, 0.05) is 13.1 Å². The summed E-state index contributed by atoms with van der Waals surface area (Å²) in [6.45, 7) is 11.1. The smallest absolute Gasteiger partial charge is 0.349 e. The van der Waals surface area contributed by atoms with E-state index in [1.165, 1.54) is 22.7 Å². The van der Waals surface area contributed by atoms with Crippen molar-refractivity contribution in [1.29, 1.82) is 0 Å². The van der Waals surface area contributed by atoms with E-state index in [-0.39, 0.29) is 12.0 Å². The first-order valence-electron chi connectivity index (χ1n) is 12.4. The van der Waals surface area contributed by atoms with Crippen LogP contribution < -0.4 is 0 Å². The number of rotatable bonds is 13. The molecule has 0 amide bonds. The first-order valence-corrected chi connectivity index (χ1v) is 14.1. The first kappa shape index (κ1) is 27.4. The minimum absolute atomic E-state index is 0.252. The minimum atomic E-state index is -1.77. The Kier molecular flexibility index (Phi) is 10.8. The topological polar surface area (TPSA) is 59.0 Å². The maximum Gasteiger partial charge on any atom is 0.349 e. The molecule has 7 heteroatoms. The zero-order valence-electron chi connectivity index (χ0n) is 20.7. The average molecular weight is 516 g/mol. The summed E-state index contributed by atoms with van der Waals surface area (Å²) < 4.78 is 12.0. The number of piperidine rings is 1. The van der Waals surface area contributed by atoms with Crippen molar-refractivity contribution in [2.45, 2.75) is 51.2 Å². The number of carbonyl (C=O) groups excluding carboxylic acids is 1. The lowest BCUT2D eigenvalue weighted by atomic mass is 9.90. The molecule has 1 fully saturated rings. The van der Waals surface area contributed by atoms with Gasteiger partial charge < -0.3 is 14.6 Å². The Morgan fingerprint density at radius 1 is 1.26 bits per heavy atom. The highest BCUT2D eigenvalue weighted by Crippen LogP contribution is 2.38. The zero-order valence-corrected chi connectivity index (χ0v) is 22.4. The number of aliphatic hydroxyl groups is 1. The molecule has 0 saturated carbocycles. The van der Waals surface area contributed by atoms with Gasteiger partial charge in [-0.1, -0.05) is 44.7 Å². The molecular formula is C28H37NO4S2. The number of allylic oxidation sites excluding steroid dienone is 4. The molecule has 190 valence electrons. The molecule has 1 saturated heterocycles. The molecule has 0 spiro atoms. The van der Waals surface area contributed by atoms with E-state index in [1.807, 2.05) is 35.0 Å². The van der Waals surface area contributed by atoms with Gasteiger partial charge in [-0.15, -0.1) is 22.7 Å². The summed E-state index contributed by atoms with van der Waals surface area (Å²) in [6, 6.07) is 7.28. The van der Waals surface area contributed by atoms with Crippen LogP contribution in [0.4, 0.5) is 0 Å². The Bertz CT molecular complexity index is 931. The third-order valence-corrected chi connectivity index (χ3v) is 8.26. The van der Waals surface area contributed by atoms with E-state index in [0.29, 0.717) is 22.9 Å². The Labute approximate surface area is 217 Å². The van der Waals surface area contributed by atoms with E-state index >= 15 is 0 Å². The molecule has 1 aliphatic heterocycles. The summed E-state index contributed by atoms with van der Waals surface area (Å²) in [6.07, 6.45) is 11.1. The van der Waals surface area contributed by atoms with Crippen LogP contribution in [0.3, 0.4) is 0 Å². The zero-order chi connectivity index (χ0) is 25.1. The van der Waals surface area contributed by atoms with Crippen molar-refractivity contribution < 1.29 is 19.4 Å². The SMILES string of the molecule is C=C/C=C(\C=C/CC)OCCCN1CCC(CC)C(OC(=O)C(O)(c2cccs2)c2cccs2)C1. The minimum Gasteiger partial charge on any atom is -0.494 e. The highest BCUT2D eigenvalue weighted by Gasteiger charge is 2.46. The van der Waals surface area contributed by atoms with Gasteiger partial charge in [0.05, 0.1) is 16.4 Å². The fourth-order valence-corrected chi connectivity index (χ4v) is 6.04. The van der Waals surface area contributed by atoms with Crippen LogP contribution in [0.25, 0.3) is 0 Å². The second kappa shape index (κ2) is 13.8. The number of hydrogen-bond donors (Lipinski definition) is 1. The van der Waals surface area contributed by atoms with Crippen LogP contribution in [-0.2, 0) is 19.9 Å². The van der Waals surface area contributed by atoms with Gasteiger partial charge in [0.1, 0.15) is 11.9 Å². The average Bonchev–Trinajstić information content (AvgIpc) is 3.60. The third kappa shape index (κ3) is 7.17. The lowest BCUT2D eigenvalue weighted by Crippen LogP contribution is -2.49. The highest BCUT2D eigenvalue weighted by molar-refractivity contribution is 7.12. The van der Waals surface area contributed by atoms with Gasteiger partial charge in [0.25, 0.3) is 0 Å². The quantitative estimate of drug-likeness (QED) is 0.150. The van der Waals surface area contributed by atoms with Crippen LogP contribution in [0.2, 0.25) is 0 Å². The van der Waals surface area contributed by atoms with E-state index in [0.717, 1.165) is 44.5 Å². The molecule has 2 aromatic heterocycles. The molecular weight excluding hydrogens is 478 g/mol. The lowest BCUT2D eigenvalue weighted by Gasteiger charge is -2.39. The summed E-state index contributed by atoms with van der Waals surface area (Å²) >= 11 is 2.73. The van der Waals surface area contributed by atoms with Crippen LogP contribution in [0.15, 0.2) is 71.7 Å². The highest BCUT2D eigenvalue weighted by atomic mass is 32.1. The van der Waals surface area contributed by atoms with E-state index < -0.39 is 11.6 Å². The Hall–Kier alpha value is -2.19. The molecule has 0 radical (unpaired) electrons. The van der Waals surface area contributed by atoms with Crippen LogP contribution in [0.1, 0.15) is 49.3 Å². The summed E-state index contributed by atoms with van der Waals surface area (Å²) in [5.74, 6) is 0.515. The molecule has 2 unspecified atom stereocenters. The molecule has 3 heterocycles. The standard InChI is InChI=1S/C28H37NO4S2/c1-4-7-12-23(11-5-2)32-18-10-16-29-17-15-22(6-3)24(21-29)33-27(30)28(31,25-13-8-19-34-25)26-14-9-20-35-26/h5,7-9,11-14,19-20,22,24,31H,2,4,6,10,15-18,21H2,1,3H3/b12-7-,23-11+. The van der Waals surface area contributed by atoms with Crippen molar-refractivity contribution in [2.24, 2.45) is 5.92 Å². The molecule has 3 rings (SSSR count). The second-order valence-corrected chi connectivity index (χ2v) is 10.6. The molecule has 1 aliphatic rings. The van der Waals surface area contributed by atoms with Crippen molar-refractivity contribution in [1.82, 2.24) is 4.90 Å². The van der Waals surface area contributed by atoms with Gasteiger partial charge in [-0.05, 0) is 73.2 Å². The van der Waals surface area contributed by atoms with Crippen molar-refractivity contribution in [3.05, 3.63) is 81.4 Å². The van der Waals surface area contributed by atoms with Gasteiger partial charge in [0.15, 0.2) is 0 Å². The number of thiophene rings is 2. The molecule has 0 aromatic carbocycles. The molecule has 2 aromatic rings. The van der Waals surface area contributed by atoms with E-state index in [2.05, 4.69) is 31.4 Å². The maximum atomic E-state index is 13.5. The van der Waals surface area contributed by atoms with E-state index in [9.17, 15) is 9.90 Å². The van der Waals surface area contributed by atoms with Crippen LogP contribution in [0.5, 0.6) is 0 Å². The van der Waals surface area contributed by atoms with Gasteiger partial charge >= 0.3 is 5.97 Å². The molecule has 0 aliphatic carbocycles. The molecule has 5 nitrogen and oxygen atoms in total. The summed E-state index contributed by atoms with van der Waals surface area (Å²) in [7, 11) is 0. The second-order valence-electron chi connectivity index (χ2n) is 8.68. The summed E-state index contributed by atoms with van der Waals surface area (Å²) in [4.78, 5) is 17.0. The number of ether oxygens (including phenoxy) is 2. The third-order valence-electron chi connectivity index (χ3n) is 6.30. The Morgan fingerprint density at radius 2 is 1.97 bits per heavy atom. The molecule has 2 atom stereocenters. The van der Waals surface area contributed by atoms with Crippen molar-refractivity contribution >= 4 is 28.6 Å². The van der Waals surface area contributed by atoms with Gasteiger partial charge in [-0.3, -0.25) is 4.90 Å². The first-order chi connectivity index (χ1) is 17.0.